The molecule has 166 valence electrons. The first kappa shape index (κ1) is 22.8. The lowest BCUT2D eigenvalue weighted by atomic mass is 9.86. The van der Waals surface area contributed by atoms with E-state index in [2.05, 4.69) is 15.7 Å². The predicted molar refractivity (Wildman–Crippen MR) is 118 cm³/mol. The van der Waals surface area contributed by atoms with Crippen molar-refractivity contribution in [2.24, 2.45) is 0 Å². The second kappa shape index (κ2) is 8.32. The Bertz CT molecular complexity index is 1060. The van der Waals surface area contributed by atoms with Gasteiger partial charge in [0.2, 0.25) is 5.91 Å². The Balaban J connectivity index is 0.00000272. The van der Waals surface area contributed by atoms with Crippen molar-refractivity contribution in [3.63, 3.8) is 0 Å². The lowest BCUT2D eigenvalue weighted by Crippen LogP contribution is -2.35. The van der Waals surface area contributed by atoms with Gasteiger partial charge < -0.3 is 20.3 Å². The molecular weight excluding hydrogens is 422 g/mol. The highest BCUT2D eigenvalue weighted by molar-refractivity contribution is 6.10. The van der Waals surface area contributed by atoms with E-state index < -0.39 is 11.5 Å². The summed E-state index contributed by atoms with van der Waals surface area (Å²) in [6, 6.07) is 5.28. The van der Waals surface area contributed by atoms with Gasteiger partial charge in [-0.25, -0.2) is 4.79 Å². The van der Waals surface area contributed by atoms with Crippen LogP contribution in [0.1, 0.15) is 54.9 Å². The SMILES string of the molecule is CCOC(=O)n1nc(NC(=O)c2ccc3c(c2)N(CC)C(=O)C3(C)C)c2c1CNC2.Cl. The molecule has 0 unspecified atom stereocenters. The minimum Gasteiger partial charge on any atom is -0.448 e. The van der Waals surface area contributed by atoms with Crippen LogP contribution in [0.3, 0.4) is 0 Å². The minimum absolute atomic E-state index is 0. The molecule has 0 saturated heterocycles. The number of aromatic nitrogens is 2. The van der Waals surface area contributed by atoms with Gasteiger partial charge in [-0.1, -0.05) is 6.07 Å². The summed E-state index contributed by atoms with van der Waals surface area (Å²) in [7, 11) is 0. The van der Waals surface area contributed by atoms with Gasteiger partial charge in [0.15, 0.2) is 5.82 Å². The van der Waals surface area contributed by atoms with Crippen LogP contribution >= 0.6 is 12.4 Å². The van der Waals surface area contributed by atoms with Crippen LogP contribution in [0.25, 0.3) is 0 Å². The van der Waals surface area contributed by atoms with Crippen molar-refractivity contribution in [2.45, 2.75) is 46.2 Å². The number of likely N-dealkylation sites (N-methyl/N-ethyl adjacent to an activating group) is 1. The van der Waals surface area contributed by atoms with Gasteiger partial charge in [-0.2, -0.15) is 4.68 Å². The molecule has 0 aliphatic carbocycles. The molecule has 0 saturated carbocycles. The predicted octanol–water partition coefficient (Wildman–Crippen LogP) is 2.81. The van der Waals surface area contributed by atoms with Gasteiger partial charge in [0, 0.05) is 36.4 Å². The van der Waals surface area contributed by atoms with Gasteiger partial charge in [0.05, 0.1) is 17.7 Å². The summed E-state index contributed by atoms with van der Waals surface area (Å²) in [4.78, 5) is 39.5. The minimum atomic E-state index is -0.620. The summed E-state index contributed by atoms with van der Waals surface area (Å²) >= 11 is 0. The van der Waals surface area contributed by atoms with E-state index in [1.807, 2.05) is 26.8 Å². The van der Waals surface area contributed by atoms with Gasteiger partial charge in [-0.15, -0.1) is 17.5 Å². The molecule has 2 N–H and O–H groups in total. The normalized spacial score (nSPS) is 15.9. The number of carbonyl (C=O) groups excluding carboxylic acids is 3. The molecule has 2 aromatic rings. The fourth-order valence-corrected chi connectivity index (χ4v) is 4.07. The number of hydrogen-bond acceptors (Lipinski definition) is 6. The van der Waals surface area contributed by atoms with Crippen LogP contribution in [0.2, 0.25) is 0 Å². The Morgan fingerprint density at radius 1 is 1.26 bits per heavy atom. The van der Waals surface area contributed by atoms with E-state index in [1.54, 1.807) is 24.0 Å². The van der Waals surface area contributed by atoms with E-state index in [4.69, 9.17) is 4.74 Å². The van der Waals surface area contributed by atoms with Gasteiger partial charge in [-0.05, 0) is 45.4 Å². The number of ether oxygens (including phenoxy) is 1. The maximum atomic E-state index is 13.0. The van der Waals surface area contributed by atoms with Crippen LogP contribution in [0, 0.1) is 0 Å². The quantitative estimate of drug-likeness (QED) is 0.746. The molecule has 4 rings (SSSR count). The number of fused-ring (bicyclic) bond motifs is 2. The fourth-order valence-electron chi connectivity index (χ4n) is 4.07. The molecule has 1 aromatic heterocycles. The van der Waals surface area contributed by atoms with Crippen LogP contribution in [0.15, 0.2) is 18.2 Å². The van der Waals surface area contributed by atoms with Crippen molar-refractivity contribution in [1.82, 2.24) is 15.1 Å². The maximum absolute atomic E-state index is 13.0. The van der Waals surface area contributed by atoms with Gasteiger partial charge in [0.25, 0.3) is 5.91 Å². The van der Waals surface area contributed by atoms with Crippen molar-refractivity contribution in [1.29, 1.82) is 0 Å². The molecular formula is C21H26ClN5O4. The number of nitrogens with one attached hydrogen (secondary N) is 2. The average molecular weight is 448 g/mol. The van der Waals surface area contributed by atoms with Crippen molar-refractivity contribution in [2.75, 3.05) is 23.4 Å². The fraction of sp³-hybridized carbons (Fsp3) is 0.429. The second-order valence-corrected chi connectivity index (χ2v) is 7.85. The summed E-state index contributed by atoms with van der Waals surface area (Å²) in [5.74, 6) is 0.00107. The number of carbonyl (C=O) groups is 3. The number of rotatable bonds is 4. The number of anilines is 2. The number of hydrogen-bond donors (Lipinski definition) is 2. The smallest absolute Gasteiger partial charge is 0.435 e. The zero-order valence-electron chi connectivity index (χ0n) is 17.9. The van der Waals surface area contributed by atoms with E-state index in [9.17, 15) is 14.4 Å². The highest BCUT2D eigenvalue weighted by atomic mass is 35.5. The molecule has 0 bridgehead atoms. The van der Waals surface area contributed by atoms with Crippen LogP contribution < -0.4 is 15.5 Å². The summed E-state index contributed by atoms with van der Waals surface area (Å²) in [5.41, 5.74) is 2.91. The second-order valence-electron chi connectivity index (χ2n) is 7.85. The molecule has 2 aliphatic heterocycles. The van der Waals surface area contributed by atoms with Gasteiger partial charge >= 0.3 is 6.09 Å². The Hall–Kier alpha value is -2.91. The van der Waals surface area contributed by atoms with Crippen molar-refractivity contribution >= 4 is 41.8 Å². The first-order valence-electron chi connectivity index (χ1n) is 10.1. The average Bonchev–Trinajstić information content (AvgIpc) is 3.36. The number of halogens is 1. The topological polar surface area (TPSA) is 106 Å². The lowest BCUT2D eigenvalue weighted by Gasteiger charge is -2.18. The molecule has 2 amide bonds. The Kier molecular flexibility index (Phi) is 6.11. The lowest BCUT2D eigenvalue weighted by molar-refractivity contribution is -0.122. The Labute approximate surface area is 186 Å². The molecule has 31 heavy (non-hydrogen) atoms. The van der Waals surface area contributed by atoms with Crippen molar-refractivity contribution in [3.8, 4) is 0 Å². The molecule has 0 spiro atoms. The standard InChI is InChI=1S/C21H25N5O4.ClH/c1-5-25-15-9-12(7-8-14(15)21(3,4)19(25)28)18(27)23-17-13-10-22-11-16(13)26(24-17)20(29)30-6-2;/h7-9,22H,5-6,10-11H2,1-4H3,(H,23,24,27);1H. The Morgan fingerprint density at radius 2 is 2.00 bits per heavy atom. The van der Waals surface area contributed by atoms with E-state index in [0.717, 1.165) is 16.8 Å². The third kappa shape index (κ3) is 3.57. The molecule has 10 heteroatoms. The highest BCUT2D eigenvalue weighted by Crippen LogP contribution is 2.41. The Morgan fingerprint density at radius 3 is 2.68 bits per heavy atom. The molecule has 1 aromatic carbocycles. The zero-order chi connectivity index (χ0) is 21.6. The van der Waals surface area contributed by atoms with E-state index >= 15 is 0 Å². The van der Waals surface area contributed by atoms with Crippen LogP contribution in [-0.4, -0.2) is 40.8 Å². The summed E-state index contributed by atoms with van der Waals surface area (Å²) < 4.78 is 6.24. The zero-order valence-corrected chi connectivity index (χ0v) is 18.8. The number of benzene rings is 1. The van der Waals surface area contributed by atoms with Crippen molar-refractivity contribution in [3.05, 3.63) is 40.6 Å². The summed E-state index contributed by atoms with van der Waals surface area (Å²) in [5, 5.41) is 10.2. The maximum Gasteiger partial charge on any atom is 0.435 e. The third-order valence-corrected chi connectivity index (χ3v) is 5.68. The van der Waals surface area contributed by atoms with Crippen LogP contribution in [0.4, 0.5) is 16.3 Å². The first-order chi connectivity index (χ1) is 14.3. The van der Waals surface area contributed by atoms with E-state index in [0.29, 0.717) is 36.7 Å². The van der Waals surface area contributed by atoms with Crippen molar-refractivity contribution < 1.29 is 19.1 Å². The summed E-state index contributed by atoms with van der Waals surface area (Å²) in [6.07, 6.45) is -0.574. The van der Waals surface area contributed by atoms with Gasteiger partial charge in [-0.3, -0.25) is 9.59 Å². The third-order valence-electron chi connectivity index (χ3n) is 5.68. The monoisotopic (exact) mass is 447 g/mol. The summed E-state index contributed by atoms with van der Waals surface area (Å²) in [6.45, 7) is 9.16. The van der Waals surface area contributed by atoms with Gasteiger partial charge in [0.1, 0.15) is 0 Å². The molecule has 3 heterocycles. The van der Waals surface area contributed by atoms with E-state index in [1.165, 1.54) is 4.68 Å². The largest absolute Gasteiger partial charge is 0.448 e. The number of amides is 2. The molecule has 2 aliphatic rings. The number of nitrogens with zero attached hydrogens (tertiary/aromatic N) is 3. The molecule has 0 fully saturated rings. The molecule has 9 nitrogen and oxygen atoms in total. The highest BCUT2D eigenvalue weighted by Gasteiger charge is 2.43. The molecule has 0 atom stereocenters. The van der Waals surface area contributed by atoms with Crippen LogP contribution in [0.5, 0.6) is 0 Å². The first-order valence-corrected chi connectivity index (χ1v) is 10.1. The van der Waals surface area contributed by atoms with Crippen LogP contribution in [-0.2, 0) is 28.0 Å². The molecule has 0 radical (unpaired) electrons. The van der Waals surface area contributed by atoms with E-state index in [-0.39, 0.29) is 30.8 Å².